The van der Waals surface area contributed by atoms with Crippen molar-refractivity contribution in [2.75, 3.05) is 0 Å². The van der Waals surface area contributed by atoms with Gasteiger partial charge in [0.25, 0.3) is 0 Å². The first-order chi connectivity index (χ1) is 25.5. The fraction of sp³-hybridized carbons (Fsp3) is 0.556. The Morgan fingerprint density at radius 1 is 0.298 bits per heavy atom. The molecule has 0 bridgehead atoms. The predicted molar refractivity (Wildman–Crippen MR) is 246 cm³/mol. The largest absolute Gasteiger partial charge is 0.508 e. The molecule has 0 aromatic heterocycles. The van der Waals surface area contributed by atoms with Crippen LogP contribution in [-0.2, 0) is 51.8 Å². The standard InChI is InChI=1S/C54H78O3/c1-31-37(22-34-25-43(52(13,14)15)46(55)28-40(34)49(4,5)6)32(2)39(24-36-27-45(54(19,20)21)48(57)30-42(36)51(10,11)12)33(3)38(31)23-35-26-44(53(16,17)18)47(56)29-41(35)50(7,8)9/h25-30,55-57H,22-24H2,1-21H3. The molecule has 3 heteroatoms. The molecule has 3 nitrogen and oxygen atoms in total. The monoisotopic (exact) mass is 775 g/mol. The third kappa shape index (κ3) is 9.77. The topological polar surface area (TPSA) is 60.7 Å². The number of rotatable bonds is 6. The maximum absolute atomic E-state index is 11.4. The molecule has 3 N–H and O–H groups in total. The maximum atomic E-state index is 11.4. The fourth-order valence-corrected chi connectivity index (χ4v) is 8.99. The lowest BCUT2D eigenvalue weighted by Crippen LogP contribution is -2.20. The average molecular weight is 775 g/mol. The first-order valence-corrected chi connectivity index (χ1v) is 21.3. The van der Waals surface area contributed by atoms with E-state index in [1.165, 1.54) is 66.8 Å². The lowest BCUT2D eigenvalue weighted by molar-refractivity contribution is 0.441. The first-order valence-electron chi connectivity index (χ1n) is 21.3. The number of benzene rings is 4. The zero-order valence-corrected chi connectivity index (χ0v) is 39.9. The van der Waals surface area contributed by atoms with Crippen molar-refractivity contribution in [1.82, 2.24) is 0 Å². The molecule has 0 spiro atoms. The average Bonchev–Trinajstić information content (AvgIpc) is 3.01. The third-order valence-electron chi connectivity index (χ3n) is 12.3. The van der Waals surface area contributed by atoms with Crippen molar-refractivity contribution in [2.45, 2.75) is 197 Å². The van der Waals surface area contributed by atoms with Crippen LogP contribution in [0.3, 0.4) is 0 Å². The molecule has 312 valence electrons. The summed E-state index contributed by atoms with van der Waals surface area (Å²) in [6.07, 6.45) is 2.24. The Bertz CT molecular complexity index is 1880. The van der Waals surface area contributed by atoms with Gasteiger partial charge in [-0.05, 0) is 174 Å². The molecular formula is C54H78O3. The fourth-order valence-electron chi connectivity index (χ4n) is 8.99. The lowest BCUT2D eigenvalue weighted by atomic mass is 9.74. The minimum atomic E-state index is -0.219. The van der Waals surface area contributed by atoms with Crippen LogP contribution in [0.15, 0.2) is 36.4 Å². The molecule has 4 aromatic carbocycles. The highest BCUT2D eigenvalue weighted by molar-refractivity contribution is 5.59. The van der Waals surface area contributed by atoms with Crippen LogP contribution in [0.2, 0.25) is 0 Å². The summed E-state index contributed by atoms with van der Waals surface area (Å²) in [5.41, 5.74) is 16.9. The summed E-state index contributed by atoms with van der Waals surface area (Å²) in [6.45, 7) is 46.7. The summed E-state index contributed by atoms with van der Waals surface area (Å²) in [7, 11) is 0. The summed E-state index contributed by atoms with van der Waals surface area (Å²) in [4.78, 5) is 0. The first kappa shape index (κ1) is 46.0. The van der Waals surface area contributed by atoms with Gasteiger partial charge in [-0.3, -0.25) is 0 Å². The Morgan fingerprint density at radius 3 is 0.632 bits per heavy atom. The highest BCUT2D eigenvalue weighted by atomic mass is 16.3. The summed E-state index contributed by atoms with van der Waals surface area (Å²) in [6, 6.07) is 12.9. The number of hydrogen-bond acceptors (Lipinski definition) is 3. The Kier molecular flexibility index (Phi) is 12.2. The van der Waals surface area contributed by atoms with Crippen molar-refractivity contribution >= 4 is 0 Å². The minimum Gasteiger partial charge on any atom is -0.508 e. The molecule has 0 amide bonds. The normalized spacial score (nSPS) is 13.4. The van der Waals surface area contributed by atoms with Gasteiger partial charge in [-0.1, -0.05) is 143 Å². The molecular weight excluding hydrogens is 697 g/mol. The van der Waals surface area contributed by atoms with E-state index in [2.05, 4.69) is 164 Å². The van der Waals surface area contributed by atoms with Crippen LogP contribution in [0.5, 0.6) is 17.2 Å². The predicted octanol–water partition coefficient (Wildman–Crippen LogP) is 14.3. The van der Waals surface area contributed by atoms with E-state index in [1.807, 2.05) is 18.2 Å². The number of hydrogen-bond donors (Lipinski definition) is 3. The van der Waals surface area contributed by atoms with Crippen LogP contribution in [0, 0.1) is 20.8 Å². The van der Waals surface area contributed by atoms with Crippen LogP contribution in [0.25, 0.3) is 0 Å². The van der Waals surface area contributed by atoms with Crippen molar-refractivity contribution in [3.8, 4) is 17.2 Å². The molecule has 0 aliphatic carbocycles. The molecule has 4 aromatic rings. The minimum absolute atomic E-state index is 0.171. The summed E-state index contributed by atoms with van der Waals surface area (Å²) >= 11 is 0. The van der Waals surface area contributed by atoms with Crippen molar-refractivity contribution < 1.29 is 15.3 Å². The summed E-state index contributed by atoms with van der Waals surface area (Å²) in [5, 5.41) is 34.2. The molecule has 0 saturated carbocycles. The summed E-state index contributed by atoms with van der Waals surface area (Å²) in [5.74, 6) is 1.09. The molecule has 0 heterocycles. The van der Waals surface area contributed by atoms with Crippen molar-refractivity contribution in [1.29, 1.82) is 0 Å². The van der Waals surface area contributed by atoms with Gasteiger partial charge in [0.2, 0.25) is 0 Å². The number of aromatic hydroxyl groups is 3. The third-order valence-corrected chi connectivity index (χ3v) is 12.3. The van der Waals surface area contributed by atoms with Crippen LogP contribution in [0.1, 0.15) is 208 Å². The molecule has 0 radical (unpaired) electrons. The Balaban J connectivity index is 2.16. The van der Waals surface area contributed by atoms with Gasteiger partial charge in [-0.15, -0.1) is 0 Å². The van der Waals surface area contributed by atoms with Gasteiger partial charge in [-0.25, -0.2) is 0 Å². The van der Waals surface area contributed by atoms with Gasteiger partial charge in [0.15, 0.2) is 0 Å². The maximum Gasteiger partial charge on any atom is 0.119 e. The van der Waals surface area contributed by atoms with Crippen LogP contribution in [0.4, 0.5) is 0 Å². The second-order valence-electron chi connectivity index (χ2n) is 23.4. The number of phenols is 3. The van der Waals surface area contributed by atoms with E-state index in [1.54, 1.807) is 0 Å². The van der Waals surface area contributed by atoms with E-state index in [0.29, 0.717) is 17.2 Å². The van der Waals surface area contributed by atoms with E-state index in [9.17, 15) is 15.3 Å². The van der Waals surface area contributed by atoms with Gasteiger partial charge in [0.1, 0.15) is 17.2 Å². The van der Waals surface area contributed by atoms with Crippen LogP contribution < -0.4 is 0 Å². The molecule has 0 saturated heterocycles. The van der Waals surface area contributed by atoms with Gasteiger partial charge in [0.05, 0.1) is 0 Å². The molecule has 0 unspecified atom stereocenters. The van der Waals surface area contributed by atoms with Gasteiger partial charge in [0, 0.05) is 0 Å². The number of phenolic OH excluding ortho intramolecular Hbond substituents is 3. The second-order valence-corrected chi connectivity index (χ2v) is 23.4. The molecule has 0 atom stereocenters. The van der Waals surface area contributed by atoms with Crippen molar-refractivity contribution in [3.63, 3.8) is 0 Å². The smallest absolute Gasteiger partial charge is 0.119 e. The zero-order chi connectivity index (χ0) is 43.8. The van der Waals surface area contributed by atoms with Gasteiger partial charge < -0.3 is 15.3 Å². The van der Waals surface area contributed by atoms with Crippen LogP contribution in [-0.4, -0.2) is 15.3 Å². The molecule has 0 aliphatic heterocycles. The molecule has 0 aliphatic rings. The van der Waals surface area contributed by atoms with Crippen molar-refractivity contribution in [2.24, 2.45) is 0 Å². The van der Waals surface area contributed by atoms with Crippen LogP contribution >= 0.6 is 0 Å². The lowest BCUT2D eigenvalue weighted by Gasteiger charge is -2.31. The highest BCUT2D eigenvalue weighted by Crippen LogP contribution is 2.44. The van der Waals surface area contributed by atoms with E-state index < -0.39 is 0 Å². The summed E-state index contributed by atoms with van der Waals surface area (Å²) < 4.78 is 0. The van der Waals surface area contributed by atoms with E-state index >= 15 is 0 Å². The Hall–Kier alpha value is -3.72. The van der Waals surface area contributed by atoms with E-state index in [4.69, 9.17) is 0 Å². The molecule has 0 fully saturated rings. The Morgan fingerprint density at radius 2 is 0.474 bits per heavy atom. The zero-order valence-electron chi connectivity index (χ0n) is 39.9. The highest BCUT2D eigenvalue weighted by Gasteiger charge is 2.31. The second kappa shape index (κ2) is 15.1. The van der Waals surface area contributed by atoms with E-state index in [-0.39, 0.29) is 32.5 Å². The van der Waals surface area contributed by atoms with Crippen molar-refractivity contribution in [3.05, 3.63) is 120 Å². The SMILES string of the molecule is Cc1c(Cc2cc(C(C)(C)C)c(O)cc2C(C)(C)C)c(C)c(Cc2cc(C(C)(C)C)c(O)cc2C(C)(C)C)c(C)c1Cc1cc(C(C)(C)C)c(O)cc1C(C)(C)C. The Labute approximate surface area is 348 Å². The van der Waals surface area contributed by atoms with Gasteiger partial charge in [-0.2, -0.15) is 0 Å². The quantitative estimate of drug-likeness (QED) is 0.183. The molecule has 57 heavy (non-hydrogen) atoms. The molecule has 4 rings (SSSR count). The van der Waals surface area contributed by atoms with E-state index in [0.717, 1.165) is 36.0 Å². The van der Waals surface area contributed by atoms with Gasteiger partial charge >= 0.3 is 0 Å².